The van der Waals surface area contributed by atoms with Crippen molar-refractivity contribution in [3.8, 4) is 0 Å². The SMILES string of the molecule is CC(C)NCC1(CN2CCC(C)(C)CC2)CCCOC1. The maximum atomic E-state index is 5.83. The van der Waals surface area contributed by atoms with Gasteiger partial charge in [-0.3, -0.25) is 0 Å². The van der Waals surface area contributed by atoms with E-state index in [1.165, 1.54) is 45.3 Å². The lowest BCUT2D eigenvalue weighted by atomic mass is 9.78. The Hall–Kier alpha value is -0.120. The molecule has 0 aromatic carbocycles. The predicted octanol–water partition coefficient (Wildman–Crippen LogP) is 2.90. The predicted molar refractivity (Wildman–Crippen MR) is 85.1 cm³/mol. The molecule has 0 radical (unpaired) electrons. The Morgan fingerprint density at radius 2 is 1.85 bits per heavy atom. The van der Waals surface area contributed by atoms with Gasteiger partial charge in [-0.1, -0.05) is 27.7 Å². The van der Waals surface area contributed by atoms with Crippen molar-refractivity contribution < 1.29 is 4.74 Å². The Bertz CT molecular complexity index is 285. The highest BCUT2D eigenvalue weighted by Crippen LogP contribution is 2.34. The third kappa shape index (κ3) is 4.71. The van der Waals surface area contributed by atoms with Crippen LogP contribution in [0.25, 0.3) is 0 Å². The zero-order chi connectivity index (χ0) is 14.6. The first-order chi connectivity index (χ1) is 9.41. The molecule has 2 aliphatic heterocycles. The smallest absolute Gasteiger partial charge is 0.0546 e. The van der Waals surface area contributed by atoms with Crippen LogP contribution in [0.4, 0.5) is 0 Å². The Morgan fingerprint density at radius 1 is 1.15 bits per heavy atom. The second kappa shape index (κ2) is 6.76. The Balaban J connectivity index is 1.90. The average molecular weight is 282 g/mol. The first-order valence-electron chi connectivity index (χ1n) is 8.44. The van der Waals surface area contributed by atoms with Gasteiger partial charge in [-0.15, -0.1) is 0 Å². The van der Waals surface area contributed by atoms with Crippen molar-refractivity contribution in [2.24, 2.45) is 10.8 Å². The van der Waals surface area contributed by atoms with Crippen molar-refractivity contribution in [2.45, 2.75) is 59.4 Å². The second-order valence-electron chi connectivity index (χ2n) is 8.13. The van der Waals surface area contributed by atoms with Crippen LogP contribution in [-0.4, -0.2) is 50.3 Å². The van der Waals surface area contributed by atoms with Gasteiger partial charge in [0.1, 0.15) is 0 Å². The van der Waals surface area contributed by atoms with Crippen LogP contribution >= 0.6 is 0 Å². The van der Waals surface area contributed by atoms with E-state index < -0.39 is 0 Å². The summed E-state index contributed by atoms with van der Waals surface area (Å²) in [4.78, 5) is 2.68. The minimum absolute atomic E-state index is 0.337. The van der Waals surface area contributed by atoms with Gasteiger partial charge in [0, 0.05) is 31.2 Å². The molecule has 0 aromatic rings. The van der Waals surface area contributed by atoms with Gasteiger partial charge in [0.05, 0.1) is 6.61 Å². The summed E-state index contributed by atoms with van der Waals surface area (Å²) in [5.74, 6) is 0. The third-order valence-corrected chi connectivity index (χ3v) is 5.06. The number of hydrogen-bond donors (Lipinski definition) is 1. The molecule has 3 heteroatoms. The van der Waals surface area contributed by atoms with Crippen LogP contribution in [0.1, 0.15) is 53.4 Å². The number of ether oxygens (including phenoxy) is 1. The molecule has 2 aliphatic rings. The van der Waals surface area contributed by atoms with Crippen molar-refractivity contribution in [2.75, 3.05) is 39.4 Å². The number of nitrogens with one attached hydrogen (secondary N) is 1. The molecule has 0 aliphatic carbocycles. The summed E-state index contributed by atoms with van der Waals surface area (Å²) in [7, 11) is 0. The van der Waals surface area contributed by atoms with Gasteiger partial charge >= 0.3 is 0 Å². The lowest BCUT2D eigenvalue weighted by Crippen LogP contribution is -2.52. The van der Waals surface area contributed by atoms with E-state index in [0.717, 1.165) is 19.8 Å². The molecule has 2 fully saturated rings. The molecule has 1 unspecified atom stereocenters. The van der Waals surface area contributed by atoms with Crippen LogP contribution < -0.4 is 5.32 Å². The summed E-state index contributed by atoms with van der Waals surface area (Å²) in [6, 6.07) is 0.564. The first kappa shape index (κ1) is 16.3. The molecule has 0 amide bonds. The van der Waals surface area contributed by atoms with Gasteiger partial charge in [0.15, 0.2) is 0 Å². The number of piperidine rings is 1. The van der Waals surface area contributed by atoms with Crippen molar-refractivity contribution in [1.29, 1.82) is 0 Å². The van der Waals surface area contributed by atoms with Gasteiger partial charge in [0.2, 0.25) is 0 Å². The van der Waals surface area contributed by atoms with Crippen LogP contribution in [0.5, 0.6) is 0 Å². The largest absolute Gasteiger partial charge is 0.381 e. The van der Waals surface area contributed by atoms with Gasteiger partial charge in [-0.2, -0.15) is 0 Å². The third-order valence-electron chi connectivity index (χ3n) is 5.06. The molecule has 2 saturated heterocycles. The van der Waals surface area contributed by atoms with E-state index in [1.807, 2.05) is 0 Å². The van der Waals surface area contributed by atoms with E-state index >= 15 is 0 Å². The maximum Gasteiger partial charge on any atom is 0.0546 e. The highest BCUT2D eigenvalue weighted by molar-refractivity contribution is 4.90. The Kier molecular flexibility index (Phi) is 5.49. The molecular weight excluding hydrogens is 248 g/mol. The van der Waals surface area contributed by atoms with Crippen LogP contribution in [0.15, 0.2) is 0 Å². The van der Waals surface area contributed by atoms with Gasteiger partial charge in [-0.05, 0) is 44.2 Å². The van der Waals surface area contributed by atoms with E-state index in [-0.39, 0.29) is 0 Å². The summed E-state index contributed by atoms with van der Waals surface area (Å²) < 4.78 is 5.83. The Morgan fingerprint density at radius 3 is 2.40 bits per heavy atom. The van der Waals surface area contributed by atoms with Gasteiger partial charge in [0.25, 0.3) is 0 Å². The zero-order valence-electron chi connectivity index (χ0n) is 14.0. The number of rotatable bonds is 5. The fourth-order valence-corrected chi connectivity index (χ4v) is 3.44. The molecule has 2 heterocycles. The summed E-state index contributed by atoms with van der Waals surface area (Å²) in [6.45, 7) is 16.0. The lowest BCUT2D eigenvalue weighted by molar-refractivity contribution is -0.0345. The van der Waals surface area contributed by atoms with Crippen LogP contribution in [0, 0.1) is 10.8 Å². The molecule has 0 spiro atoms. The highest BCUT2D eigenvalue weighted by Gasteiger charge is 2.36. The van der Waals surface area contributed by atoms with E-state index in [0.29, 0.717) is 16.9 Å². The number of likely N-dealkylation sites (tertiary alicyclic amines) is 1. The molecule has 0 aromatic heterocycles. The normalized spacial score (nSPS) is 31.6. The first-order valence-corrected chi connectivity index (χ1v) is 8.44. The van der Waals surface area contributed by atoms with Crippen LogP contribution in [-0.2, 0) is 4.74 Å². The summed E-state index contributed by atoms with van der Waals surface area (Å²) in [5.41, 5.74) is 0.882. The monoisotopic (exact) mass is 282 g/mol. The topological polar surface area (TPSA) is 24.5 Å². The Labute approximate surface area is 125 Å². The highest BCUT2D eigenvalue weighted by atomic mass is 16.5. The van der Waals surface area contributed by atoms with E-state index in [4.69, 9.17) is 4.74 Å². The fourth-order valence-electron chi connectivity index (χ4n) is 3.44. The van der Waals surface area contributed by atoms with Crippen molar-refractivity contribution in [3.63, 3.8) is 0 Å². The van der Waals surface area contributed by atoms with Crippen LogP contribution in [0.2, 0.25) is 0 Å². The van der Waals surface area contributed by atoms with E-state index in [2.05, 4.69) is 37.9 Å². The zero-order valence-corrected chi connectivity index (χ0v) is 14.0. The molecular formula is C17H34N2O. The van der Waals surface area contributed by atoms with Crippen molar-refractivity contribution in [1.82, 2.24) is 10.2 Å². The van der Waals surface area contributed by atoms with Gasteiger partial charge in [-0.25, -0.2) is 0 Å². The average Bonchev–Trinajstić information content (AvgIpc) is 2.40. The van der Waals surface area contributed by atoms with E-state index in [9.17, 15) is 0 Å². The molecule has 0 bridgehead atoms. The molecule has 1 atom stereocenters. The molecule has 0 saturated carbocycles. The second-order valence-corrected chi connectivity index (χ2v) is 8.13. The standard InChI is InChI=1S/C17H34N2O/c1-15(2)18-12-17(6-5-11-20-14-17)13-19-9-7-16(3,4)8-10-19/h15,18H,5-14H2,1-4H3. The summed E-state index contributed by atoms with van der Waals surface area (Å²) in [6.07, 6.45) is 5.20. The van der Waals surface area contributed by atoms with Crippen molar-refractivity contribution >= 4 is 0 Å². The van der Waals surface area contributed by atoms with Crippen molar-refractivity contribution in [3.05, 3.63) is 0 Å². The number of hydrogen-bond acceptors (Lipinski definition) is 3. The molecule has 3 nitrogen and oxygen atoms in total. The van der Waals surface area contributed by atoms with Gasteiger partial charge < -0.3 is 15.0 Å². The summed E-state index contributed by atoms with van der Waals surface area (Å²) >= 11 is 0. The molecule has 20 heavy (non-hydrogen) atoms. The number of nitrogens with zero attached hydrogens (tertiary/aromatic N) is 1. The molecule has 1 N–H and O–H groups in total. The lowest BCUT2D eigenvalue weighted by Gasteiger charge is -2.45. The van der Waals surface area contributed by atoms with Crippen LogP contribution in [0.3, 0.4) is 0 Å². The summed E-state index contributed by atoms with van der Waals surface area (Å²) in [5, 5.41) is 3.66. The minimum Gasteiger partial charge on any atom is -0.381 e. The minimum atomic E-state index is 0.337. The quantitative estimate of drug-likeness (QED) is 0.839. The maximum absolute atomic E-state index is 5.83. The van der Waals surface area contributed by atoms with E-state index in [1.54, 1.807) is 0 Å². The fraction of sp³-hybridized carbons (Fsp3) is 1.00. The molecule has 118 valence electrons. The molecule has 2 rings (SSSR count).